The monoisotopic (exact) mass is 422 g/mol. The summed E-state index contributed by atoms with van der Waals surface area (Å²) in [6.07, 6.45) is 3.44. The lowest BCUT2D eigenvalue weighted by atomic mass is 10.1. The van der Waals surface area contributed by atoms with Gasteiger partial charge in [0.15, 0.2) is 5.76 Å². The summed E-state index contributed by atoms with van der Waals surface area (Å²) in [6.45, 7) is 11.7. The third-order valence-corrected chi connectivity index (χ3v) is 6.02. The molecule has 1 aromatic heterocycles. The molecule has 0 atom stereocenters. The fraction of sp³-hybridized carbons (Fsp3) is 0.417. The van der Waals surface area contributed by atoms with E-state index in [-0.39, 0.29) is 11.8 Å². The highest BCUT2D eigenvalue weighted by atomic mass is 16.3. The van der Waals surface area contributed by atoms with Crippen LogP contribution >= 0.6 is 0 Å². The average Bonchev–Trinajstić information content (AvgIpc) is 3.35. The zero-order chi connectivity index (χ0) is 21.6. The summed E-state index contributed by atoms with van der Waals surface area (Å²) >= 11 is 0. The first-order valence-electron chi connectivity index (χ1n) is 10.9. The fourth-order valence-electron chi connectivity index (χ4n) is 4.22. The minimum absolute atomic E-state index is 0.0505. The van der Waals surface area contributed by atoms with Crippen LogP contribution in [0.3, 0.4) is 0 Å². The molecular formula is C24H30N4O3. The first kappa shape index (κ1) is 21.3. The van der Waals surface area contributed by atoms with Gasteiger partial charge in [-0.3, -0.25) is 19.4 Å². The molecule has 7 heteroatoms. The van der Waals surface area contributed by atoms with Crippen LogP contribution < -0.4 is 0 Å². The van der Waals surface area contributed by atoms with Gasteiger partial charge in [0.2, 0.25) is 0 Å². The van der Waals surface area contributed by atoms with E-state index in [9.17, 15) is 9.59 Å². The van der Waals surface area contributed by atoms with E-state index in [0.29, 0.717) is 18.8 Å². The lowest BCUT2D eigenvalue weighted by Gasteiger charge is -2.35. The molecule has 2 amide bonds. The molecule has 164 valence electrons. The zero-order valence-electron chi connectivity index (χ0n) is 17.9. The molecule has 3 heterocycles. The molecule has 7 nitrogen and oxygen atoms in total. The Morgan fingerprint density at radius 1 is 0.871 bits per heavy atom. The second-order valence-electron chi connectivity index (χ2n) is 8.13. The number of piperazine rings is 2. The van der Waals surface area contributed by atoms with Crippen molar-refractivity contribution in [2.75, 3.05) is 58.9 Å². The maximum absolute atomic E-state index is 13.0. The molecule has 2 saturated heterocycles. The second-order valence-corrected chi connectivity index (χ2v) is 8.13. The lowest BCUT2D eigenvalue weighted by Crippen LogP contribution is -2.48. The van der Waals surface area contributed by atoms with Crippen molar-refractivity contribution in [2.24, 2.45) is 0 Å². The Labute approximate surface area is 183 Å². The topological polar surface area (TPSA) is 60.2 Å². The second kappa shape index (κ2) is 9.94. The van der Waals surface area contributed by atoms with Gasteiger partial charge in [0.1, 0.15) is 0 Å². The van der Waals surface area contributed by atoms with Gasteiger partial charge in [0.05, 0.1) is 6.26 Å². The number of nitrogens with zero attached hydrogens (tertiary/aromatic N) is 4. The summed E-state index contributed by atoms with van der Waals surface area (Å²) in [5, 5.41) is 0. The van der Waals surface area contributed by atoms with Crippen molar-refractivity contribution in [3.63, 3.8) is 0 Å². The molecule has 0 N–H and O–H groups in total. The van der Waals surface area contributed by atoms with E-state index in [1.807, 2.05) is 34.1 Å². The molecule has 0 unspecified atom stereocenters. The standard InChI is InChI=1S/C24H30N4O3/c1-2-8-25-9-13-27(14-10-25)23(29)21-6-3-5-20(18-21)19-26-11-15-28(16-12-26)24(30)22-7-4-17-31-22/h2-7,17-18H,1,8-16,19H2. The van der Waals surface area contributed by atoms with Gasteiger partial charge in [-0.05, 0) is 29.8 Å². The molecule has 1 aromatic carbocycles. The Morgan fingerprint density at radius 3 is 2.19 bits per heavy atom. The van der Waals surface area contributed by atoms with Crippen molar-refractivity contribution >= 4 is 11.8 Å². The van der Waals surface area contributed by atoms with Crippen LogP contribution in [0.2, 0.25) is 0 Å². The highest BCUT2D eigenvalue weighted by molar-refractivity contribution is 5.94. The van der Waals surface area contributed by atoms with Crippen LogP contribution in [-0.2, 0) is 6.54 Å². The first-order valence-corrected chi connectivity index (χ1v) is 10.9. The third kappa shape index (κ3) is 5.24. The van der Waals surface area contributed by atoms with Gasteiger partial charge in [-0.2, -0.15) is 0 Å². The number of hydrogen-bond donors (Lipinski definition) is 0. The summed E-state index contributed by atoms with van der Waals surface area (Å²) in [7, 11) is 0. The molecule has 4 rings (SSSR count). The molecule has 0 bridgehead atoms. The molecule has 2 aromatic rings. The minimum Gasteiger partial charge on any atom is -0.459 e. The van der Waals surface area contributed by atoms with Crippen LogP contribution in [0.25, 0.3) is 0 Å². The molecule has 0 aliphatic carbocycles. The summed E-state index contributed by atoms with van der Waals surface area (Å²) < 4.78 is 5.23. The molecule has 0 saturated carbocycles. The van der Waals surface area contributed by atoms with E-state index in [1.54, 1.807) is 12.1 Å². The van der Waals surface area contributed by atoms with Gasteiger partial charge in [-0.15, -0.1) is 6.58 Å². The number of benzene rings is 1. The van der Waals surface area contributed by atoms with Gasteiger partial charge < -0.3 is 14.2 Å². The summed E-state index contributed by atoms with van der Waals surface area (Å²) in [6, 6.07) is 11.4. The molecule has 0 radical (unpaired) electrons. The Kier molecular flexibility index (Phi) is 6.84. The molecular weight excluding hydrogens is 392 g/mol. The van der Waals surface area contributed by atoms with Gasteiger partial charge in [0.25, 0.3) is 11.8 Å². The number of carbonyl (C=O) groups is 2. The number of rotatable bonds is 6. The minimum atomic E-state index is -0.0505. The number of amides is 2. The fourth-order valence-corrected chi connectivity index (χ4v) is 4.22. The van der Waals surface area contributed by atoms with Crippen molar-refractivity contribution in [1.29, 1.82) is 0 Å². The van der Waals surface area contributed by atoms with Gasteiger partial charge in [0, 0.05) is 71.0 Å². The van der Waals surface area contributed by atoms with Gasteiger partial charge in [-0.1, -0.05) is 18.2 Å². The lowest BCUT2D eigenvalue weighted by molar-refractivity contribution is 0.0595. The van der Waals surface area contributed by atoms with Crippen LogP contribution in [0.15, 0.2) is 59.7 Å². The number of furan rings is 1. The smallest absolute Gasteiger partial charge is 0.289 e. The van der Waals surface area contributed by atoms with E-state index in [2.05, 4.69) is 22.4 Å². The molecule has 2 aliphatic heterocycles. The van der Waals surface area contributed by atoms with E-state index in [1.165, 1.54) is 6.26 Å². The Balaban J connectivity index is 1.29. The van der Waals surface area contributed by atoms with E-state index in [0.717, 1.165) is 63.5 Å². The maximum atomic E-state index is 13.0. The van der Waals surface area contributed by atoms with Crippen LogP contribution in [0, 0.1) is 0 Å². The highest BCUT2D eigenvalue weighted by Crippen LogP contribution is 2.15. The van der Waals surface area contributed by atoms with Crippen molar-refractivity contribution in [3.05, 3.63) is 72.2 Å². The largest absolute Gasteiger partial charge is 0.459 e. The Bertz CT molecular complexity index is 895. The normalized spacial score (nSPS) is 18.2. The van der Waals surface area contributed by atoms with Crippen molar-refractivity contribution in [3.8, 4) is 0 Å². The van der Waals surface area contributed by atoms with Crippen molar-refractivity contribution < 1.29 is 14.0 Å². The number of hydrogen-bond acceptors (Lipinski definition) is 5. The van der Waals surface area contributed by atoms with Gasteiger partial charge >= 0.3 is 0 Å². The third-order valence-electron chi connectivity index (χ3n) is 6.02. The van der Waals surface area contributed by atoms with E-state index in [4.69, 9.17) is 4.42 Å². The van der Waals surface area contributed by atoms with E-state index < -0.39 is 0 Å². The van der Waals surface area contributed by atoms with Gasteiger partial charge in [-0.25, -0.2) is 0 Å². The zero-order valence-corrected chi connectivity index (χ0v) is 17.9. The highest BCUT2D eigenvalue weighted by Gasteiger charge is 2.24. The van der Waals surface area contributed by atoms with Crippen LogP contribution in [0.1, 0.15) is 26.5 Å². The summed E-state index contributed by atoms with van der Waals surface area (Å²) in [5.74, 6) is 0.449. The van der Waals surface area contributed by atoms with Crippen LogP contribution in [0.4, 0.5) is 0 Å². The van der Waals surface area contributed by atoms with Crippen molar-refractivity contribution in [2.45, 2.75) is 6.54 Å². The maximum Gasteiger partial charge on any atom is 0.289 e. The van der Waals surface area contributed by atoms with Crippen LogP contribution in [0.5, 0.6) is 0 Å². The predicted octanol–water partition coefficient (Wildman–Crippen LogP) is 2.18. The quantitative estimate of drug-likeness (QED) is 0.668. The summed E-state index contributed by atoms with van der Waals surface area (Å²) in [5.41, 5.74) is 1.88. The Hall–Kier alpha value is -2.90. The van der Waals surface area contributed by atoms with E-state index >= 15 is 0 Å². The first-order chi connectivity index (χ1) is 15.1. The predicted molar refractivity (Wildman–Crippen MR) is 119 cm³/mol. The number of carbonyl (C=O) groups excluding carboxylic acids is 2. The summed E-state index contributed by atoms with van der Waals surface area (Å²) in [4.78, 5) is 33.8. The average molecular weight is 423 g/mol. The molecule has 0 spiro atoms. The Morgan fingerprint density at radius 2 is 1.55 bits per heavy atom. The SMILES string of the molecule is C=CCN1CCN(C(=O)c2cccc(CN3CCN(C(=O)c4ccco4)CC3)c2)CC1. The molecule has 31 heavy (non-hydrogen) atoms. The van der Waals surface area contributed by atoms with Crippen molar-refractivity contribution in [1.82, 2.24) is 19.6 Å². The molecule has 2 aliphatic rings. The van der Waals surface area contributed by atoms with Crippen LogP contribution in [-0.4, -0.2) is 90.3 Å². The molecule has 2 fully saturated rings.